The van der Waals surface area contributed by atoms with Crippen molar-refractivity contribution in [3.8, 4) is 0 Å². The zero-order valence-electron chi connectivity index (χ0n) is 13.5. The van der Waals surface area contributed by atoms with Crippen molar-refractivity contribution in [1.82, 2.24) is 10.2 Å². The monoisotopic (exact) mass is 362 g/mol. The van der Waals surface area contributed by atoms with E-state index in [1.165, 1.54) is 0 Å². The summed E-state index contributed by atoms with van der Waals surface area (Å²) in [5.74, 6) is 0.504. The molecule has 2 aromatic carbocycles. The Morgan fingerprint density at radius 1 is 1.17 bits per heavy atom. The van der Waals surface area contributed by atoms with Crippen molar-refractivity contribution in [2.45, 2.75) is 25.4 Å². The Balaban J connectivity index is 1.67. The summed E-state index contributed by atoms with van der Waals surface area (Å²) >= 11 is 12.1. The fourth-order valence-corrected chi connectivity index (χ4v) is 3.09. The van der Waals surface area contributed by atoms with Gasteiger partial charge in [0.05, 0.1) is 6.04 Å². The molecule has 5 heteroatoms. The third-order valence-electron chi connectivity index (χ3n) is 4.31. The Morgan fingerprint density at radius 3 is 2.46 bits per heavy atom. The van der Waals surface area contributed by atoms with Crippen LogP contribution in [0.25, 0.3) is 0 Å². The highest BCUT2D eigenvalue weighted by atomic mass is 35.5. The highest BCUT2D eigenvalue weighted by molar-refractivity contribution is 6.31. The van der Waals surface area contributed by atoms with Gasteiger partial charge in [0.25, 0.3) is 0 Å². The molecule has 0 aliphatic heterocycles. The van der Waals surface area contributed by atoms with Gasteiger partial charge in [-0.2, -0.15) is 0 Å². The molecule has 1 fully saturated rings. The molecule has 3 nitrogen and oxygen atoms in total. The molecule has 1 N–H and O–H groups in total. The van der Waals surface area contributed by atoms with Crippen LogP contribution >= 0.6 is 23.2 Å². The van der Waals surface area contributed by atoms with Crippen LogP contribution in [0.3, 0.4) is 0 Å². The summed E-state index contributed by atoms with van der Waals surface area (Å²) in [4.78, 5) is 14.2. The molecular formula is C19H20Cl2N2O. The molecular weight excluding hydrogens is 343 g/mol. The van der Waals surface area contributed by atoms with Crippen LogP contribution in [0, 0.1) is 5.92 Å². The molecule has 1 unspecified atom stereocenters. The summed E-state index contributed by atoms with van der Waals surface area (Å²) in [6.45, 7) is 0.476. The van der Waals surface area contributed by atoms with Gasteiger partial charge >= 0.3 is 6.03 Å². The summed E-state index contributed by atoms with van der Waals surface area (Å²) in [6, 6.07) is 15.2. The molecule has 2 aromatic rings. The SMILES string of the molecule is CN(Cc1ccccc1Cl)C(=O)NC(c1ccc(Cl)cc1)C1CC1. The number of carbonyl (C=O) groups is 1. The minimum absolute atomic E-state index is 0.0310. The average molecular weight is 363 g/mol. The molecule has 1 saturated carbocycles. The largest absolute Gasteiger partial charge is 0.331 e. The zero-order chi connectivity index (χ0) is 17.1. The maximum atomic E-state index is 12.6. The zero-order valence-corrected chi connectivity index (χ0v) is 15.0. The Bertz CT molecular complexity index is 714. The van der Waals surface area contributed by atoms with Crippen molar-refractivity contribution >= 4 is 29.2 Å². The molecule has 1 atom stereocenters. The van der Waals surface area contributed by atoms with Gasteiger partial charge in [-0.3, -0.25) is 0 Å². The molecule has 0 spiro atoms. The average Bonchev–Trinajstić information content (AvgIpc) is 3.40. The van der Waals surface area contributed by atoms with Gasteiger partial charge in [-0.25, -0.2) is 4.79 Å². The lowest BCUT2D eigenvalue weighted by Gasteiger charge is -2.24. The number of hydrogen-bond acceptors (Lipinski definition) is 1. The molecule has 0 heterocycles. The third-order valence-corrected chi connectivity index (χ3v) is 4.93. The van der Waals surface area contributed by atoms with E-state index in [9.17, 15) is 4.79 Å². The smallest absolute Gasteiger partial charge is 0.317 e. The second kappa shape index (κ2) is 7.45. The molecule has 0 bridgehead atoms. The first-order chi connectivity index (χ1) is 11.5. The van der Waals surface area contributed by atoms with Crippen LogP contribution in [0.1, 0.15) is 30.0 Å². The molecule has 1 aliphatic carbocycles. The molecule has 2 amide bonds. The minimum atomic E-state index is -0.0956. The molecule has 24 heavy (non-hydrogen) atoms. The minimum Gasteiger partial charge on any atom is -0.331 e. The normalized spacial score (nSPS) is 15.0. The van der Waals surface area contributed by atoms with Gasteiger partial charge in [-0.1, -0.05) is 53.5 Å². The number of carbonyl (C=O) groups excluding carboxylic acids is 1. The van der Waals surface area contributed by atoms with Gasteiger partial charge in [-0.15, -0.1) is 0 Å². The maximum absolute atomic E-state index is 12.6. The Hall–Kier alpha value is -1.71. The van der Waals surface area contributed by atoms with Crippen LogP contribution in [0.2, 0.25) is 10.0 Å². The van der Waals surface area contributed by atoms with E-state index >= 15 is 0 Å². The highest BCUT2D eigenvalue weighted by Crippen LogP contribution is 2.41. The predicted octanol–water partition coefficient (Wildman–Crippen LogP) is 5.29. The standard InChI is InChI=1S/C19H20Cl2N2O/c1-23(12-15-4-2-3-5-17(15)21)19(24)22-18(13-6-7-13)14-8-10-16(20)11-9-14/h2-5,8-11,13,18H,6-7,12H2,1H3,(H,22,24). The first-order valence-corrected chi connectivity index (χ1v) is 8.80. The van der Waals surface area contributed by atoms with E-state index in [0.717, 1.165) is 24.0 Å². The number of nitrogens with one attached hydrogen (secondary N) is 1. The lowest BCUT2D eigenvalue weighted by molar-refractivity contribution is 0.201. The van der Waals surface area contributed by atoms with Crippen molar-refractivity contribution in [1.29, 1.82) is 0 Å². The first-order valence-electron chi connectivity index (χ1n) is 8.05. The first kappa shape index (κ1) is 17.1. The molecule has 1 aliphatic rings. The van der Waals surface area contributed by atoms with Crippen LogP contribution in [0.15, 0.2) is 48.5 Å². The summed E-state index contributed by atoms with van der Waals surface area (Å²) in [5.41, 5.74) is 2.03. The van der Waals surface area contributed by atoms with Gasteiger partial charge in [0.2, 0.25) is 0 Å². The van der Waals surface area contributed by atoms with Crippen molar-refractivity contribution in [2.75, 3.05) is 7.05 Å². The summed E-state index contributed by atoms with van der Waals surface area (Å²) in [6.07, 6.45) is 2.28. The number of halogens is 2. The molecule has 0 radical (unpaired) electrons. The Kier molecular flexibility index (Phi) is 5.32. The second-order valence-corrected chi connectivity index (χ2v) is 7.11. The quantitative estimate of drug-likeness (QED) is 0.770. The van der Waals surface area contributed by atoms with E-state index in [2.05, 4.69) is 5.32 Å². The summed E-state index contributed by atoms with van der Waals surface area (Å²) < 4.78 is 0. The Labute approximate surface area is 152 Å². The van der Waals surface area contributed by atoms with Crippen LogP contribution in [-0.4, -0.2) is 18.0 Å². The molecule has 0 aromatic heterocycles. The summed E-state index contributed by atoms with van der Waals surface area (Å²) in [7, 11) is 1.78. The van der Waals surface area contributed by atoms with E-state index < -0.39 is 0 Å². The number of nitrogens with zero attached hydrogens (tertiary/aromatic N) is 1. The summed E-state index contributed by atoms with van der Waals surface area (Å²) in [5, 5.41) is 4.53. The van der Waals surface area contributed by atoms with Crippen LogP contribution in [0.5, 0.6) is 0 Å². The van der Waals surface area contributed by atoms with Crippen molar-refractivity contribution in [3.05, 3.63) is 69.7 Å². The molecule has 0 saturated heterocycles. The number of amides is 2. The van der Waals surface area contributed by atoms with E-state index in [4.69, 9.17) is 23.2 Å². The maximum Gasteiger partial charge on any atom is 0.317 e. The van der Waals surface area contributed by atoms with Crippen LogP contribution < -0.4 is 5.32 Å². The number of hydrogen-bond donors (Lipinski definition) is 1. The Morgan fingerprint density at radius 2 is 1.83 bits per heavy atom. The van der Waals surface area contributed by atoms with Gasteiger partial charge in [0.1, 0.15) is 0 Å². The third kappa shape index (κ3) is 4.22. The van der Waals surface area contributed by atoms with Gasteiger partial charge in [-0.05, 0) is 48.1 Å². The molecule has 3 rings (SSSR count). The highest BCUT2D eigenvalue weighted by Gasteiger charge is 2.34. The van der Waals surface area contributed by atoms with Gasteiger partial charge < -0.3 is 10.2 Å². The van der Waals surface area contributed by atoms with Crippen molar-refractivity contribution in [3.63, 3.8) is 0 Å². The number of benzene rings is 2. The molecule has 126 valence electrons. The van der Waals surface area contributed by atoms with Crippen LogP contribution in [-0.2, 0) is 6.54 Å². The number of urea groups is 1. The topological polar surface area (TPSA) is 32.3 Å². The fourth-order valence-electron chi connectivity index (χ4n) is 2.77. The van der Waals surface area contributed by atoms with E-state index in [-0.39, 0.29) is 12.1 Å². The van der Waals surface area contributed by atoms with E-state index in [0.29, 0.717) is 22.5 Å². The van der Waals surface area contributed by atoms with Crippen LogP contribution in [0.4, 0.5) is 4.79 Å². The fraction of sp³-hybridized carbons (Fsp3) is 0.316. The van der Waals surface area contributed by atoms with Gasteiger partial charge in [0.15, 0.2) is 0 Å². The van der Waals surface area contributed by atoms with Crippen molar-refractivity contribution in [2.24, 2.45) is 5.92 Å². The second-order valence-electron chi connectivity index (χ2n) is 6.26. The van der Waals surface area contributed by atoms with E-state index in [1.54, 1.807) is 11.9 Å². The number of rotatable bonds is 5. The predicted molar refractivity (Wildman–Crippen MR) is 98.4 cm³/mol. The van der Waals surface area contributed by atoms with Gasteiger partial charge in [0, 0.05) is 23.6 Å². The lowest BCUT2D eigenvalue weighted by Crippen LogP contribution is -2.39. The lowest BCUT2D eigenvalue weighted by atomic mass is 10.0. The van der Waals surface area contributed by atoms with E-state index in [1.807, 2.05) is 48.5 Å². The van der Waals surface area contributed by atoms with Crippen molar-refractivity contribution < 1.29 is 4.79 Å².